The van der Waals surface area contributed by atoms with Gasteiger partial charge in [-0.1, -0.05) is 312 Å². The van der Waals surface area contributed by atoms with Gasteiger partial charge in [-0.2, -0.15) is 0 Å². The van der Waals surface area contributed by atoms with Gasteiger partial charge in [0.1, 0.15) is 46.0 Å². The van der Waals surface area contributed by atoms with Crippen molar-refractivity contribution in [2.75, 3.05) is 26.4 Å². The van der Waals surface area contributed by atoms with Crippen molar-refractivity contribution in [3.63, 3.8) is 0 Å². The minimum Gasteiger partial charge on any atom is -0.417 e. The first-order valence-electron chi connectivity index (χ1n) is 43.2. The summed E-state index contributed by atoms with van der Waals surface area (Å²) < 4.78 is 87.9. The predicted molar refractivity (Wildman–Crippen MR) is 437 cm³/mol. The first-order valence-corrected chi connectivity index (χ1v) is 47.6. The maximum absolute atomic E-state index is 7.49. The normalized spacial score (nSPS) is 19.6. The SMILES string of the molecule is CCCCCCCCOP1Oc2cc3c4cc2C(CCCCCCC)c2cc5c(cc2O1)OP(OCCCCCCCC)Oc1cc2c(cc1C5CCCCCCC)C(CCCCCCC)c1cc(c(cc1OP(OCCCCCCCC)O2)OP(OCCCCCCCC)O3)C4CCCCCCC. The molecule has 0 unspecified atom stereocenters. The second kappa shape index (κ2) is 49.2. The number of benzene rings is 4. The largest absolute Gasteiger partial charge is 0.463 e. The van der Waals surface area contributed by atoms with Crippen molar-refractivity contribution in [3.05, 3.63) is 93.0 Å². The lowest BCUT2D eigenvalue weighted by Crippen LogP contribution is -2.19. The molecule has 584 valence electrons. The summed E-state index contributed by atoms with van der Waals surface area (Å²) in [6.07, 6.45) is 54.2. The molecule has 0 aromatic heterocycles. The summed E-state index contributed by atoms with van der Waals surface area (Å²) >= 11 is 0. The summed E-state index contributed by atoms with van der Waals surface area (Å²) in [6, 6.07) is 19.0. The molecule has 0 saturated heterocycles. The zero-order valence-corrected chi connectivity index (χ0v) is 70.0. The van der Waals surface area contributed by atoms with E-state index in [1.54, 1.807) is 0 Å². The van der Waals surface area contributed by atoms with Crippen molar-refractivity contribution in [3.8, 4) is 46.0 Å². The molecular weight excluding hydrogens is 1370 g/mol. The highest BCUT2D eigenvalue weighted by molar-refractivity contribution is 7.43. The van der Waals surface area contributed by atoms with Crippen molar-refractivity contribution in [1.82, 2.24) is 0 Å². The molecule has 4 aliphatic heterocycles. The Hall–Kier alpha value is -3.16. The van der Waals surface area contributed by atoms with Gasteiger partial charge in [-0.15, -0.1) is 0 Å². The van der Waals surface area contributed by atoms with E-state index in [4.69, 9.17) is 54.3 Å². The van der Waals surface area contributed by atoms with Gasteiger partial charge in [-0.05, 0) is 75.6 Å². The van der Waals surface area contributed by atoms with Gasteiger partial charge < -0.3 is 36.2 Å². The first kappa shape index (κ1) is 84.9. The summed E-state index contributed by atoms with van der Waals surface area (Å²) in [4.78, 5) is 0. The van der Waals surface area contributed by atoms with Crippen LogP contribution in [0.5, 0.6) is 46.0 Å². The highest BCUT2D eigenvalue weighted by Gasteiger charge is 2.42. The Morgan fingerprint density at radius 1 is 0.192 bits per heavy atom. The average Bonchev–Trinajstić information content (AvgIpc) is 0.752. The molecule has 104 heavy (non-hydrogen) atoms. The molecule has 0 spiro atoms. The van der Waals surface area contributed by atoms with E-state index in [9.17, 15) is 0 Å². The van der Waals surface area contributed by atoms with E-state index in [1.165, 1.54) is 180 Å². The van der Waals surface area contributed by atoms with Crippen LogP contribution in [0.3, 0.4) is 0 Å². The van der Waals surface area contributed by atoms with Crippen molar-refractivity contribution >= 4 is 34.4 Å². The van der Waals surface area contributed by atoms with E-state index in [-0.39, 0.29) is 23.7 Å². The van der Waals surface area contributed by atoms with E-state index in [0.717, 1.165) is 219 Å². The Kier molecular flexibility index (Phi) is 40.1. The summed E-state index contributed by atoms with van der Waals surface area (Å²) in [5.41, 5.74) is 9.22. The molecule has 0 atom stereocenters. The topological polar surface area (TPSA) is 111 Å². The molecular formula is C88H140O12P4. The summed E-state index contributed by atoms with van der Waals surface area (Å²) in [6.45, 7) is 20.5. The summed E-state index contributed by atoms with van der Waals surface area (Å²) in [7, 11) is -7.97. The highest BCUT2D eigenvalue weighted by atomic mass is 31.2. The van der Waals surface area contributed by atoms with Crippen LogP contribution in [-0.2, 0) is 18.1 Å². The monoisotopic (exact) mass is 1510 g/mol. The second-order valence-electron chi connectivity index (χ2n) is 30.8. The molecule has 16 heteroatoms. The highest BCUT2D eigenvalue weighted by Crippen LogP contribution is 2.63. The van der Waals surface area contributed by atoms with E-state index in [1.807, 2.05) is 0 Å². The van der Waals surface area contributed by atoms with Crippen LogP contribution >= 0.6 is 34.4 Å². The molecule has 4 aromatic rings. The van der Waals surface area contributed by atoms with Crippen LogP contribution in [0.15, 0.2) is 48.5 Å². The van der Waals surface area contributed by atoms with Gasteiger partial charge in [0.05, 0.1) is 26.4 Å². The van der Waals surface area contributed by atoms with Crippen LogP contribution in [0, 0.1) is 0 Å². The molecule has 0 amide bonds. The lowest BCUT2D eigenvalue weighted by Gasteiger charge is -2.36. The summed E-state index contributed by atoms with van der Waals surface area (Å²) in [5, 5.41) is 0. The molecule has 0 radical (unpaired) electrons. The fourth-order valence-electron chi connectivity index (χ4n) is 15.9. The molecule has 12 nitrogen and oxygen atoms in total. The Balaban J connectivity index is 1.34. The van der Waals surface area contributed by atoms with Gasteiger partial charge in [-0.3, -0.25) is 18.1 Å². The Bertz CT molecular complexity index is 2520. The second-order valence-corrected chi connectivity index (χ2v) is 35.0. The Morgan fingerprint density at radius 2 is 0.337 bits per heavy atom. The van der Waals surface area contributed by atoms with E-state index < -0.39 is 34.4 Å². The fraction of sp³-hybridized carbons (Fsp3) is 0.727. The molecule has 1 aliphatic carbocycles. The standard InChI is InChI=1S/C88H140O12P4/c1-9-17-25-33-41-49-57-89-101-93-81-65-83-75-61-73(81)69(53-45-37-29-21-13-5)74-62-76-71(55-47-39-31-23-15-7)78-64-80-72(56-48-40-32-24-16-8)79-63-77(70(75)54-46-38-30-22-14-6)85(97-102(95-83)90-58-50-42-34-26-18-10-2)67-87(79)99-104(92-60-52-44-36-28-20-12-4)100-88(80)68-86(78)98-103(96-84(76)66-82(74)94-101)91-59-51-43-35-27-19-11-3/h61-72H,9-60H2,1-8H3. The van der Waals surface area contributed by atoms with Crippen LogP contribution in [-0.4, -0.2) is 26.4 Å². The smallest absolute Gasteiger partial charge is 0.417 e. The molecule has 0 fully saturated rings. The molecule has 4 heterocycles. The maximum Gasteiger partial charge on any atom is 0.463 e. The first-order chi connectivity index (χ1) is 51.3. The quantitative estimate of drug-likeness (QED) is 0.0310. The zero-order chi connectivity index (χ0) is 72.8. The number of rotatable bonds is 56. The van der Waals surface area contributed by atoms with Gasteiger partial charge in [0.2, 0.25) is 0 Å². The Labute approximate surface area is 637 Å². The van der Waals surface area contributed by atoms with E-state index in [2.05, 4.69) is 104 Å². The maximum atomic E-state index is 7.49. The average molecular weight is 1510 g/mol. The van der Waals surface area contributed by atoms with Gasteiger partial charge >= 0.3 is 34.4 Å². The van der Waals surface area contributed by atoms with Crippen molar-refractivity contribution in [2.45, 2.75) is 387 Å². The predicted octanol–water partition coefficient (Wildman–Crippen LogP) is 31.5. The van der Waals surface area contributed by atoms with Gasteiger partial charge in [-0.25, -0.2) is 0 Å². The van der Waals surface area contributed by atoms with E-state index in [0.29, 0.717) is 26.4 Å². The van der Waals surface area contributed by atoms with Crippen molar-refractivity contribution in [2.24, 2.45) is 0 Å². The Morgan fingerprint density at radius 3 is 0.500 bits per heavy atom. The van der Waals surface area contributed by atoms with E-state index >= 15 is 0 Å². The van der Waals surface area contributed by atoms with Crippen LogP contribution in [0.2, 0.25) is 0 Å². The third-order valence-corrected chi connectivity index (χ3v) is 26.5. The number of unbranched alkanes of at least 4 members (excludes halogenated alkanes) is 36. The van der Waals surface area contributed by atoms with Crippen LogP contribution in [0.1, 0.15) is 432 Å². The molecule has 4 aromatic carbocycles. The minimum atomic E-state index is -1.99. The fourth-order valence-corrected chi connectivity index (χ4v) is 20.2. The number of hydrogen-bond donors (Lipinski definition) is 0. The molecule has 5 aliphatic rings. The molecule has 0 N–H and O–H groups in total. The molecule has 8 bridgehead atoms. The van der Waals surface area contributed by atoms with Gasteiger partial charge in [0.15, 0.2) is 0 Å². The minimum absolute atomic E-state index is 0.120. The molecule has 0 saturated carbocycles. The third-order valence-electron chi connectivity index (χ3n) is 22.1. The van der Waals surface area contributed by atoms with Crippen LogP contribution in [0.25, 0.3) is 0 Å². The number of hydrogen-bond acceptors (Lipinski definition) is 12. The summed E-state index contributed by atoms with van der Waals surface area (Å²) in [5.74, 6) is 5.51. The lowest BCUT2D eigenvalue weighted by atomic mass is 9.76. The van der Waals surface area contributed by atoms with Crippen molar-refractivity contribution in [1.29, 1.82) is 0 Å². The van der Waals surface area contributed by atoms with Crippen LogP contribution in [0.4, 0.5) is 0 Å². The zero-order valence-electron chi connectivity index (χ0n) is 66.4. The third kappa shape index (κ3) is 26.5. The van der Waals surface area contributed by atoms with Crippen molar-refractivity contribution < 1.29 is 54.3 Å². The van der Waals surface area contributed by atoms with Gasteiger partial charge in [0.25, 0.3) is 0 Å². The van der Waals surface area contributed by atoms with Crippen LogP contribution < -0.4 is 36.2 Å². The lowest BCUT2D eigenvalue weighted by molar-refractivity contribution is 0.250. The molecule has 9 rings (SSSR count). The van der Waals surface area contributed by atoms with Gasteiger partial charge in [0, 0.05) is 92.4 Å².